The molecular formula is C39H62O9. The van der Waals surface area contributed by atoms with E-state index in [1.807, 2.05) is 0 Å². The van der Waals surface area contributed by atoms with E-state index in [0.29, 0.717) is 11.3 Å². The van der Waals surface area contributed by atoms with Crippen LogP contribution in [0.1, 0.15) is 126 Å². The van der Waals surface area contributed by atoms with Gasteiger partial charge < -0.3 is 28.8 Å². The van der Waals surface area contributed by atoms with Crippen LogP contribution in [0, 0.1) is 46.3 Å². The zero-order chi connectivity index (χ0) is 35.0. The Morgan fingerprint density at radius 2 is 1.62 bits per heavy atom. The van der Waals surface area contributed by atoms with Crippen LogP contribution in [0.15, 0.2) is 11.6 Å². The Labute approximate surface area is 288 Å². The molecule has 3 saturated carbocycles. The van der Waals surface area contributed by atoms with Gasteiger partial charge in [-0.1, -0.05) is 65.5 Å². The molecule has 272 valence electrons. The quantitative estimate of drug-likeness (QED) is 0.142. The standard InChI is InChI=1S/C39H62O9/c1-22(2)10-9-11-23(3)30-14-15-31-29-13-12-27-20-28(16-18-38(27,7)32(29)17-19-39(30,31)8)47-37-34(43)36(46-26(6)42)35(45-25(5)41)33(48-37)21-44-24(4)40/h12,22-23,28-37,43H,9-11,13-21H2,1-8H3. The smallest absolute Gasteiger partial charge is 0.303 e. The third-order valence-corrected chi connectivity index (χ3v) is 13.3. The summed E-state index contributed by atoms with van der Waals surface area (Å²) < 4.78 is 28.6. The van der Waals surface area contributed by atoms with Gasteiger partial charge in [-0.25, -0.2) is 0 Å². The van der Waals surface area contributed by atoms with Crippen LogP contribution in [0.3, 0.4) is 0 Å². The Kier molecular flexibility index (Phi) is 11.7. The van der Waals surface area contributed by atoms with Crippen LogP contribution in [0.4, 0.5) is 0 Å². The number of carbonyl (C=O) groups excluding carboxylic acids is 3. The fourth-order valence-corrected chi connectivity index (χ4v) is 11.0. The number of hydrogen-bond acceptors (Lipinski definition) is 9. The van der Waals surface area contributed by atoms with Crippen molar-refractivity contribution in [3.63, 3.8) is 0 Å². The van der Waals surface area contributed by atoms with E-state index in [1.54, 1.807) is 0 Å². The molecule has 4 aliphatic carbocycles. The second-order valence-electron chi connectivity index (χ2n) is 16.8. The highest BCUT2D eigenvalue weighted by atomic mass is 16.7. The second-order valence-corrected chi connectivity index (χ2v) is 16.8. The minimum absolute atomic E-state index is 0.135. The summed E-state index contributed by atoms with van der Waals surface area (Å²) >= 11 is 0. The molecule has 1 aliphatic heterocycles. The molecule has 0 radical (unpaired) electrons. The number of esters is 3. The molecule has 13 atom stereocenters. The van der Waals surface area contributed by atoms with Gasteiger partial charge >= 0.3 is 17.9 Å². The molecule has 4 fully saturated rings. The number of aliphatic hydroxyl groups excluding tert-OH is 1. The summed E-state index contributed by atoms with van der Waals surface area (Å²) in [5, 5.41) is 11.3. The van der Waals surface area contributed by atoms with Crippen molar-refractivity contribution >= 4 is 17.9 Å². The summed E-state index contributed by atoms with van der Waals surface area (Å²) in [6, 6.07) is 0. The van der Waals surface area contributed by atoms with Gasteiger partial charge in [0, 0.05) is 20.8 Å². The minimum Gasteiger partial charge on any atom is -0.463 e. The molecule has 9 heteroatoms. The first-order valence-electron chi connectivity index (χ1n) is 18.8. The number of hydrogen-bond donors (Lipinski definition) is 1. The van der Waals surface area contributed by atoms with Gasteiger partial charge in [-0.3, -0.25) is 14.4 Å². The first kappa shape index (κ1) is 37.3. The Bertz CT molecular complexity index is 1200. The van der Waals surface area contributed by atoms with Crippen molar-refractivity contribution in [2.45, 2.75) is 163 Å². The molecule has 0 aromatic heterocycles. The lowest BCUT2D eigenvalue weighted by Crippen LogP contribution is -2.62. The summed E-state index contributed by atoms with van der Waals surface area (Å²) in [4.78, 5) is 35.6. The Balaban J connectivity index is 1.27. The van der Waals surface area contributed by atoms with Crippen molar-refractivity contribution in [3.8, 4) is 0 Å². The molecule has 0 aromatic carbocycles. The fourth-order valence-electron chi connectivity index (χ4n) is 11.0. The lowest BCUT2D eigenvalue weighted by Gasteiger charge is -2.58. The van der Waals surface area contributed by atoms with Crippen molar-refractivity contribution in [3.05, 3.63) is 11.6 Å². The molecule has 0 spiro atoms. The maximum Gasteiger partial charge on any atom is 0.303 e. The highest BCUT2D eigenvalue weighted by Gasteiger charge is 2.59. The Morgan fingerprint density at radius 3 is 2.29 bits per heavy atom. The Hall–Kier alpha value is -1.97. The third-order valence-electron chi connectivity index (χ3n) is 13.3. The molecular weight excluding hydrogens is 612 g/mol. The maximum absolute atomic E-state index is 12.0. The van der Waals surface area contributed by atoms with E-state index in [0.717, 1.165) is 55.3 Å². The summed E-state index contributed by atoms with van der Waals surface area (Å²) in [5.41, 5.74) is 2.03. The molecule has 1 saturated heterocycles. The van der Waals surface area contributed by atoms with Crippen molar-refractivity contribution < 1.29 is 43.2 Å². The van der Waals surface area contributed by atoms with Crippen LogP contribution in [0.5, 0.6) is 0 Å². The van der Waals surface area contributed by atoms with E-state index in [1.165, 1.54) is 71.3 Å². The van der Waals surface area contributed by atoms with E-state index >= 15 is 0 Å². The van der Waals surface area contributed by atoms with Gasteiger partial charge in [0.25, 0.3) is 0 Å². The van der Waals surface area contributed by atoms with E-state index in [4.69, 9.17) is 23.7 Å². The molecule has 13 unspecified atom stereocenters. The fraction of sp³-hybridized carbons (Fsp3) is 0.872. The minimum atomic E-state index is -1.40. The van der Waals surface area contributed by atoms with Crippen LogP contribution < -0.4 is 0 Å². The average molecular weight is 675 g/mol. The normalized spacial score (nSPS) is 41.3. The summed E-state index contributed by atoms with van der Waals surface area (Å²) in [7, 11) is 0. The van der Waals surface area contributed by atoms with Crippen molar-refractivity contribution in [2.75, 3.05) is 6.61 Å². The van der Waals surface area contributed by atoms with Gasteiger partial charge in [0.05, 0.1) is 6.10 Å². The van der Waals surface area contributed by atoms with Crippen molar-refractivity contribution in [2.24, 2.45) is 46.3 Å². The Morgan fingerprint density at radius 1 is 0.917 bits per heavy atom. The van der Waals surface area contributed by atoms with E-state index in [9.17, 15) is 19.5 Å². The highest BCUT2D eigenvalue weighted by molar-refractivity contribution is 5.68. The van der Waals surface area contributed by atoms with E-state index in [-0.39, 0.29) is 18.1 Å². The molecule has 1 heterocycles. The van der Waals surface area contributed by atoms with Crippen LogP contribution in [-0.2, 0) is 38.1 Å². The average Bonchev–Trinajstić information content (AvgIpc) is 3.36. The molecule has 0 aromatic rings. The lowest BCUT2D eigenvalue weighted by molar-refractivity contribution is -0.316. The third kappa shape index (κ3) is 7.68. The van der Waals surface area contributed by atoms with Gasteiger partial charge in [-0.2, -0.15) is 0 Å². The first-order valence-corrected chi connectivity index (χ1v) is 18.8. The monoisotopic (exact) mass is 674 g/mol. The van der Waals surface area contributed by atoms with Gasteiger partial charge in [-0.15, -0.1) is 0 Å². The molecule has 5 rings (SSSR count). The van der Waals surface area contributed by atoms with Gasteiger partial charge in [0.15, 0.2) is 18.5 Å². The van der Waals surface area contributed by atoms with Crippen molar-refractivity contribution in [1.29, 1.82) is 0 Å². The summed E-state index contributed by atoms with van der Waals surface area (Å²) in [5.74, 6) is 2.80. The molecule has 1 N–H and O–H groups in total. The number of allylic oxidation sites excluding steroid dienone is 1. The number of fused-ring (bicyclic) bond motifs is 5. The SMILES string of the molecule is CC(=O)OCC1OC(OC2CCC3(C)C(=CCC4C3CCC3(C)C(C(C)CCCC(C)C)CCC43)C2)C(O)C(OC(C)=O)C1OC(C)=O. The van der Waals surface area contributed by atoms with Gasteiger partial charge in [0.2, 0.25) is 0 Å². The zero-order valence-corrected chi connectivity index (χ0v) is 30.7. The maximum atomic E-state index is 12.0. The topological polar surface area (TPSA) is 118 Å². The number of aliphatic hydroxyl groups is 1. The lowest BCUT2D eigenvalue weighted by atomic mass is 9.47. The van der Waals surface area contributed by atoms with Crippen LogP contribution in [0.25, 0.3) is 0 Å². The molecule has 0 bridgehead atoms. The molecule has 5 aliphatic rings. The zero-order valence-electron chi connectivity index (χ0n) is 30.7. The number of ether oxygens (including phenoxy) is 5. The van der Waals surface area contributed by atoms with Crippen molar-refractivity contribution in [1.82, 2.24) is 0 Å². The predicted molar refractivity (Wildman–Crippen MR) is 180 cm³/mol. The largest absolute Gasteiger partial charge is 0.463 e. The van der Waals surface area contributed by atoms with Gasteiger partial charge in [0.1, 0.15) is 18.8 Å². The van der Waals surface area contributed by atoms with E-state index < -0.39 is 48.6 Å². The summed E-state index contributed by atoms with van der Waals surface area (Å²) in [6.45, 7) is 15.8. The number of rotatable bonds is 11. The number of carbonyl (C=O) groups is 3. The van der Waals surface area contributed by atoms with E-state index in [2.05, 4.69) is 40.7 Å². The molecule has 0 amide bonds. The van der Waals surface area contributed by atoms with Crippen LogP contribution in [0.2, 0.25) is 0 Å². The molecule has 9 nitrogen and oxygen atoms in total. The predicted octanol–water partition coefficient (Wildman–Crippen LogP) is 6.93. The molecule has 48 heavy (non-hydrogen) atoms. The van der Waals surface area contributed by atoms with Gasteiger partial charge in [-0.05, 0) is 97.7 Å². The highest BCUT2D eigenvalue weighted by Crippen LogP contribution is 2.67. The van der Waals surface area contributed by atoms with Crippen LogP contribution >= 0.6 is 0 Å². The summed E-state index contributed by atoms with van der Waals surface area (Å²) in [6.07, 6.45) is 9.50. The first-order chi connectivity index (χ1) is 22.6. The van der Waals surface area contributed by atoms with Crippen LogP contribution in [-0.4, -0.2) is 66.4 Å². The second kappa shape index (κ2) is 15.1.